The van der Waals surface area contributed by atoms with Crippen LogP contribution in [0.3, 0.4) is 0 Å². The van der Waals surface area contributed by atoms with E-state index in [9.17, 15) is 0 Å². The Hall–Kier alpha value is -0.0800. The van der Waals surface area contributed by atoms with Crippen molar-refractivity contribution in [3.05, 3.63) is 35.4 Å². The fraction of sp³-hybridized carbons (Fsp3) is 0.455. The lowest BCUT2D eigenvalue weighted by molar-refractivity contribution is 0.934. The van der Waals surface area contributed by atoms with Gasteiger partial charge in [0, 0.05) is 0 Å². The SMILES string of the molecule is SCCCc1ccc(CCS)cc1. The van der Waals surface area contributed by atoms with Crippen molar-refractivity contribution < 1.29 is 0 Å². The summed E-state index contributed by atoms with van der Waals surface area (Å²) in [7, 11) is 0. The zero-order valence-corrected chi connectivity index (χ0v) is 9.53. The molecule has 0 nitrogen and oxygen atoms in total. The number of hydrogen-bond acceptors (Lipinski definition) is 2. The second-order valence-electron chi connectivity index (χ2n) is 3.12. The van der Waals surface area contributed by atoms with Crippen molar-refractivity contribution in [3.63, 3.8) is 0 Å². The first-order chi connectivity index (χ1) is 6.36. The Balaban J connectivity index is 2.48. The molecule has 13 heavy (non-hydrogen) atoms. The van der Waals surface area contributed by atoms with Crippen molar-refractivity contribution >= 4 is 25.3 Å². The predicted octanol–water partition coefficient (Wildman–Crippen LogP) is 3.02. The van der Waals surface area contributed by atoms with Crippen LogP contribution in [0.4, 0.5) is 0 Å². The van der Waals surface area contributed by atoms with Gasteiger partial charge in [-0.05, 0) is 41.9 Å². The van der Waals surface area contributed by atoms with E-state index in [-0.39, 0.29) is 0 Å². The summed E-state index contributed by atoms with van der Waals surface area (Å²) in [6.45, 7) is 0. The summed E-state index contributed by atoms with van der Waals surface area (Å²) >= 11 is 8.40. The van der Waals surface area contributed by atoms with Gasteiger partial charge in [0.15, 0.2) is 0 Å². The molecule has 0 atom stereocenters. The number of benzene rings is 1. The number of hydrogen-bond donors (Lipinski definition) is 2. The van der Waals surface area contributed by atoms with Crippen molar-refractivity contribution in [2.24, 2.45) is 0 Å². The molecule has 0 amide bonds. The summed E-state index contributed by atoms with van der Waals surface area (Å²) < 4.78 is 0. The molecule has 0 fully saturated rings. The summed E-state index contributed by atoms with van der Waals surface area (Å²) in [5, 5.41) is 0. The molecule has 0 N–H and O–H groups in total. The maximum atomic E-state index is 4.20. The molecule has 0 aliphatic carbocycles. The molecular weight excluding hydrogens is 196 g/mol. The first-order valence-corrected chi connectivity index (χ1v) is 5.93. The zero-order chi connectivity index (χ0) is 9.52. The standard InChI is InChI=1S/C11H16S2/c12-8-1-2-10-3-5-11(6-4-10)7-9-13/h3-6,12-13H,1-2,7-9H2. The lowest BCUT2D eigenvalue weighted by Gasteiger charge is -2.01. The minimum atomic E-state index is 0.927. The van der Waals surface area contributed by atoms with Gasteiger partial charge >= 0.3 is 0 Å². The molecule has 0 saturated carbocycles. The molecule has 0 aliphatic heterocycles. The summed E-state index contributed by atoms with van der Waals surface area (Å²) in [5.41, 5.74) is 2.79. The summed E-state index contributed by atoms with van der Waals surface area (Å²) in [4.78, 5) is 0. The fourth-order valence-electron chi connectivity index (χ4n) is 1.28. The van der Waals surface area contributed by atoms with Gasteiger partial charge in [-0.1, -0.05) is 24.3 Å². The topological polar surface area (TPSA) is 0 Å². The average Bonchev–Trinajstić information content (AvgIpc) is 2.17. The Morgan fingerprint density at radius 2 is 1.31 bits per heavy atom. The van der Waals surface area contributed by atoms with Gasteiger partial charge in [0.1, 0.15) is 0 Å². The van der Waals surface area contributed by atoms with Gasteiger partial charge in [-0.15, -0.1) is 0 Å². The number of aryl methyl sites for hydroxylation is 2. The first-order valence-electron chi connectivity index (χ1n) is 4.66. The minimum Gasteiger partial charge on any atom is -0.179 e. The van der Waals surface area contributed by atoms with E-state index in [0.29, 0.717) is 0 Å². The Kier molecular flexibility index (Phi) is 5.40. The van der Waals surface area contributed by atoms with E-state index in [0.717, 1.165) is 30.8 Å². The Morgan fingerprint density at radius 1 is 0.769 bits per heavy atom. The van der Waals surface area contributed by atoms with Crippen LogP contribution in [0, 0.1) is 0 Å². The molecule has 0 saturated heterocycles. The molecule has 0 radical (unpaired) electrons. The van der Waals surface area contributed by atoms with Gasteiger partial charge in [-0.2, -0.15) is 25.3 Å². The van der Waals surface area contributed by atoms with Crippen molar-refractivity contribution in [1.82, 2.24) is 0 Å². The molecule has 1 rings (SSSR count). The third-order valence-electron chi connectivity index (χ3n) is 2.05. The third kappa shape index (κ3) is 4.10. The fourth-order valence-corrected chi connectivity index (χ4v) is 1.70. The molecule has 0 aliphatic rings. The van der Waals surface area contributed by atoms with E-state index in [1.807, 2.05) is 0 Å². The Morgan fingerprint density at radius 3 is 1.77 bits per heavy atom. The van der Waals surface area contributed by atoms with Crippen LogP contribution in [-0.2, 0) is 12.8 Å². The van der Waals surface area contributed by atoms with Crippen LogP contribution in [0.25, 0.3) is 0 Å². The largest absolute Gasteiger partial charge is 0.179 e. The normalized spacial score (nSPS) is 10.3. The smallest absolute Gasteiger partial charge is 0.00574 e. The van der Waals surface area contributed by atoms with Crippen molar-refractivity contribution in [2.45, 2.75) is 19.3 Å². The molecular formula is C11H16S2. The van der Waals surface area contributed by atoms with Gasteiger partial charge in [0.05, 0.1) is 0 Å². The molecule has 2 heteroatoms. The van der Waals surface area contributed by atoms with Gasteiger partial charge in [-0.25, -0.2) is 0 Å². The monoisotopic (exact) mass is 212 g/mol. The van der Waals surface area contributed by atoms with E-state index >= 15 is 0 Å². The maximum absolute atomic E-state index is 4.20. The van der Waals surface area contributed by atoms with Crippen molar-refractivity contribution in [1.29, 1.82) is 0 Å². The molecule has 0 spiro atoms. The van der Waals surface area contributed by atoms with Crippen LogP contribution < -0.4 is 0 Å². The Bertz CT molecular complexity index is 228. The highest BCUT2D eigenvalue weighted by molar-refractivity contribution is 7.80. The molecule has 0 unspecified atom stereocenters. The second kappa shape index (κ2) is 6.39. The van der Waals surface area contributed by atoms with E-state index in [2.05, 4.69) is 49.5 Å². The molecule has 0 bridgehead atoms. The van der Waals surface area contributed by atoms with Gasteiger partial charge < -0.3 is 0 Å². The summed E-state index contributed by atoms with van der Waals surface area (Å²) in [6, 6.07) is 8.82. The van der Waals surface area contributed by atoms with Crippen LogP contribution in [0.5, 0.6) is 0 Å². The van der Waals surface area contributed by atoms with E-state index in [1.165, 1.54) is 11.1 Å². The van der Waals surface area contributed by atoms with Crippen molar-refractivity contribution in [2.75, 3.05) is 11.5 Å². The van der Waals surface area contributed by atoms with Crippen molar-refractivity contribution in [3.8, 4) is 0 Å². The predicted molar refractivity (Wildman–Crippen MR) is 66.2 cm³/mol. The quantitative estimate of drug-likeness (QED) is 0.689. The number of thiol groups is 2. The van der Waals surface area contributed by atoms with Crippen LogP contribution in [-0.4, -0.2) is 11.5 Å². The number of rotatable bonds is 5. The van der Waals surface area contributed by atoms with E-state index < -0.39 is 0 Å². The van der Waals surface area contributed by atoms with E-state index in [4.69, 9.17) is 0 Å². The van der Waals surface area contributed by atoms with Crippen LogP contribution in [0.15, 0.2) is 24.3 Å². The second-order valence-corrected chi connectivity index (χ2v) is 4.01. The van der Waals surface area contributed by atoms with Gasteiger partial charge in [-0.3, -0.25) is 0 Å². The van der Waals surface area contributed by atoms with E-state index in [1.54, 1.807) is 0 Å². The molecule has 72 valence electrons. The van der Waals surface area contributed by atoms with Crippen LogP contribution in [0.1, 0.15) is 17.5 Å². The summed E-state index contributed by atoms with van der Waals surface area (Å²) in [6.07, 6.45) is 3.37. The zero-order valence-electron chi connectivity index (χ0n) is 7.74. The van der Waals surface area contributed by atoms with Crippen LogP contribution in [0.2, 0.25) is 0 Å². The van der Waals surface area contributed by atoms with Gasteiger partial charge in [0.25, 0.3) is 0 Å². The Labute approximate surface area is 91.6 Å². The molecule has 0 heterocycles. The molecule has 1 aromatic rings. The highest BCUT2D eigenvalue weighted by Gasteiger charge is 1.93. The average molecular weight is 212 g/mol. The third-order valence-corrected chi connectivity index (χ3v) is 2.59. The van der Waals surface area contributed by atoms with Crippen LogP contribution >= 0.6 is 25.3 Å². The van der Waals surface area contributed by atoms with Gasteiger partial charge in [0.2, 0.25) is 0 Å². The summed E-state index contributed by atoms with van der Waals surface area (Å²) in [5.74, 6) is 1.90. The highest BCUT2D eigenvalue weighted by atomic mass is 32.1. The first kappa shape index (κ1) is 11.0. The highest BCUT2D eigenvalue weighted by Crippen LogP contribution is 2.08. The maximum Gasteiger partial charge on any atom is -0.00574 e. The minimum absolute atomic E-state index is 0.927. The molecule has 1 aromatic carbocycles. The lowest BCUT2D eigenvalue weighted by Crippen LogP contribution is -1.89. The lowest BCUT2D eigenvalue weighted by atomic mass is 10.1. The molecule has 0 aromatic heterocycles.